The number of ether oxygens (including phenoxy) is 1. The lowest BCUT2D eigenvalue weighted by molar-refractivity contribution is 0.415. The van der Waals surface area contributed by atoms with Crippen LogP contribution in [0.4, 0.5) is 0 Å². The first kappa shape index (κ1) is 13.3. The molecule has 17 heavy (non-hydrogen) atoms. The van der Waals surface area contributed by atoms with E-state index in [1.165, 1.54) is 11.1 Å². The van der Waals surface area contributed by atoms with Crippen molar-refractivity contribution < 1.29 is 14.8 Å². The van der Waals surface area contributed by atoms with Crippen molar-refractivity contribution in [3.05, 3.63) is 54.6 Å². The van der Waals surface area contributed by atoms with Gasteiger partial charge in [0.15, 0.2) is 0 Å². The van der Waals surface area contributed by atoms with Gasteiger partial charge in [0, 0.05) is 0 Å². The minimum absolute atomic E-state index is 0.750. The van der Waals surface area contributed by atoms with E-state index >= 15 is 0 Å². The first-order chi connectivity index (χ1) is 8.31. The van der Waals surface area contributed by atoms with Crippen LogP contribution in [0, 0.1) is 0 Å². The van der Waals surface area contributed by atoms with Crippen molar-refractivity contribution in [3.63, 3.8) is 0 Å². The lowest BCUT2D eigenvalue weighted by atomic mass is 10.1. The van der Waals surface area contributed by atoms with Crippen LogP contribution in [-0.4, -0.2) is 24.8 Å². The summed E-state index contributed by atoms with van der Waals surface area (Å²) in [4.78, 5) is 0. The molecule has 2 N–H and O–H groups in total. The molecule has 0 aromatic heterocycles. The van der Waals surface area contributed by atoms with E-state index in [4.69, 9.17) is 14.8 Å². The molecule has 0 aliphatic carbocycles. The number of hydrogen-bond donors (Lipinski definition) is 2. The van der Waals surface area contributed by atoms with Gasteiger partial charge in [-0.15, -0.1) is 0 Å². The minimum Gasteiger partial charge on any atom is -0.497 e. The monoisotopic (exact) mass is 230 g/mol. The van der Waals surface area contributed by atoms with Gasteiger partial charge in [-0.3, -0.25) is 0 Å². The molecule has 0 amide bonds. The number of benzene rings is 2. The van der Waals surface area contributed by atoms with E-state index in [9.17, 15) is 0 Å². The van der Waals surface area contributed by atoms with Crippen LogP contribution >= 0.6 is 0 Å². The normalized spacial score (nSPS) is 8.88. The molecule has 0 aliphatic heterocycles. The summed E-state index contributed by atoms with van der Waals surface area (Å²) < 4.78 is 5.11. The third-order valence-corrected chi connectivity index (χ3v) is 2.20. The zero-order chi connectivity index (χ0) is 12.5. The van der Waals surface area contributed by atoms with E-state index in [0.717, 1.165) is 5.75 Å². The van der Waals surface area contributed by atoms with Gasteiger partial charge in [0.25, 0.3) is 0 Å². The summed E-state index contributed by atoms with van der Waals surface area (Å²) in [6, 6.07) is 18.4. The zero-order valence-corrected chi connectivity index (χ0v) is 9.71. The summed E-state index contributed by atoms with van der Waals surface area (Å²) in [7, 11) is 0.928. The lowest BCUT2D eigenvalue weighted by Crippen LogP contribution is -1.82. The molecule has 0 saturated heterocycles. The van der Waals surface area contributed by atoms with Gasteiger partial charge in [-0.1, -0.05) is 42.5 Å². The average molecular weight is 230 g/mol. The van der Waals surface area contributed by atoms with Gasteiger partial charge in [-0.25, -0.2) is 0 Å². The standard InChI is InChI=1S/C13H12O.BH3O2/c1-14-13-9-7-12(8-10-13)11-5-3-2-4-6-11;2-1-3/h2-10H,1H3;1-3H. The third kappa shape index (κ3) is 4.30. The SMILES string of the molecule is COc1ccc(-c2ccccc2)cc1.OBO. The maximum atomic E-state index is 7.12. The van der Waals surface area contributed by atoms with Gasteiger partial charge in [0.1, 0.15) is 5.75 Å². The quantitative estimate of drug-likeness (QED) is 0.770. The van der Waals surface area contributed by atoms with E-state index in [-0.39, 0.29) is 0 Å². The molecule has 0 atom stereocenters. The number of hydrogen-bond acceptors (Lipinski definition) is 3. The highest BCUT2D eigenvalue weighted by Gasteiger charge is 1.95. The highest BCUT2D eigenvalue weighted by atomic mass is 16.5. The summed E-state index contributed by atoms with van der Waals surface area (Å²) in [5.74, 6) is 0.893. The van der Waals surface area contributed by atoms with E-state index in [0.29, 0.717) is 0 Å². The Kier molecular flexibility index (Phi) is 5.86. The van der Waals surface area contributed by atoms with Crippen LogP contribution in [0.1, 0.15) is 0 Å². The summed E-state index contributed by atoms with van der Waals surface area (Å²) in [6.07, 6.45) is 0. The van der Waals surface area contributed by atoms with Crippen molar-refractivity contribution in [1.82, 2.24) is 0 Å². The lowest BCUT2D eigenvalue weighted by Gasteiger charge is -2.02. The molecule has 4 heteroatoms. The third-order valence-electron chi connectivity index (χ3n) is 2.20. The maximum Gasteiger partial charge on any atom is 0.432 e. The molecule has 0 fully saturated rings. The van der Waals surface area contributed by atoms with Crippen LogP contribution in [0.3, 0.4) is 0 Å². The zero-order valence-electron chi connectivity index (χ0n) is 9.71. The Morgan fingerprint density at radius 3 is 1.76 bits per heavy atom. The predicted octanol–water partition coefficient (Wildman–Crippen LogP) is 1.60. The molecule has 0 unspecified atom stereocenters. The van der Waals surface area contributed by atoms with Crippen molar-refractivity contribution in [2.24, 2.45) is 0 Å². The van der Waals surface area contributed by atoms with Crippen molar-refractivity contribution in [2.75, 3.05) is 7.11 Å². The van der Waals surface area contributed by atoms with Gasteiger partial charge in [-0.2, -0.15) is 0 Å². The van der Waals surface area contributed by atoms with Crippen LogP contribution in [0.25, 0.3) is 11.1 Å². The highest BCUT2D eigenvalue weighted by molar-refractivity contribution is 6.13. The van der Waals surface area contributed by atoms with Crippen LogP contribution in [0.5, 0.6) is 5.75 Å². The van der Waals surface area contributed by atoms with Crippen molar-refractivity contribution in [1.29, 1.82) is 0 Å². The molecule has 2 rings (SSSR count). The molecule has 2 aromatic rings. The van der Waals surface area contributed by atoms with Crippen LogP contribution in [0.15, 0.2) is 54.6 Å². The van der Waals surface area contributed by atoms with Crippen molar-refractivity contribution in [3.8, 4) is 16.9 Å². The second kappa shape index (κ2) is 7.49. The predicted molar refractivity (Wildman–Crippen MR) is 70.0 cm³/mol. The molecule has 0 spiro atoms. The first-order valence-corrected chi connectivity index (χ1v) is 5.23. The fourth-order valence-corrected chi connectivity index (χ4v) is 1.41. The molecule has 88 valence electrons. The largest absolute Gasteiger partial charge is 0.497 e. The summed E-state index contributed by atoms with van der Waals surface area (Å²) in [5.41, 5.74) is 2.45. The molecule has 2 aromatic carbocycles. The number of methoxy groups -OCH3 is 1. The smallest absolute Gasteiger partial charge is 0.432 e. The van der Waals surface area contributed by atoms with E-state index in [2.05, 4.69) is 24.3 Å². The Morgan fingerprint density at radius 2 is 1.29 bits per heavy atom. The molecule has 0 saturated carbocycles. The highest BCUT2D eigenvalue weighted by Crippen LogP contribution is 2.21. The van der Waals surface area contributed by atoms with Gasteiger partial charge < -0.3 is 14.8 Å². The van der Waals surface area contributed by atoms with Crippen LogP contribution in [0.2, 0.25) is 0 Å². The summed E-state index contributed by atoms with van der Waals surface area (Å²) in [5, 5.41) is 14.2. The minimum atomic E-state index is -0.750. The van der Waals surface area contributed by atoms with Gasteiger partial charge in [0.05, 0.1) is 7.11 Å². The van der Waals surface area contributed by atoms with Crippen molar-refractivity contribution >= 4 is 7.69 Å². The fraction of sp³-hybridized carbons (Fsp3) is 0.0769. The molecular formula is C13H15BO3. The van der Waals surface area contributed by atoms with Crippen molar-refractivity contribution in [2.45, 2.75) is 0 Å². The first-order valence-electron chi connectivity index (χ1n) is 5.23. The molecule has 0 radical (unpaired) electrons. The average Bonchev–Trinajstić information content (AvgIpc) is 2.41. The topological polar surface area (TPSA) is 49.7 Å². The summed E-state index contributed by atoms with van der Waals surface area (Å²) in [6.45, 7) is 0. The molecule has 3 nitrogen and oxygen atoms in total. The van der Waals surface area contributed by atoms with Crippen LogP contribution < -0.4 is 4.74 Å². The van der Waals surface area contributed by atoms with Crippen LogP contribution in [-0.2, 0) is 0 Å². The molecule has 0 bridgehead atoms. The fourth-order valence-electron chi connectivity index (χ4n) is 1.41. The summed E-state index contributed by atoms with van der Waals surface area (Å²) >= 11 is 0. The Balaban J connectivity index is 0.000000437. The maximum absolute atomic E-state index is 7.12. The Labute approximate surface area is 102 Å². The van der Waals surface area contributed by atoms with E-state index < -0.39 is 7.69 Å². The Bertz CT molecular complexity index is 414. The van der Waals surface area contributed by atoms with Gasteiger partial charge in [0.2, 0.25) is 0 Å². The molecule has 0 aliphatic rings. The van der Waals surface area contributed by atoms with E-state index in [1.54, 1.807) is 7.11 Å². The Hall–Kier alpha value is -1.78. The second-order valence-electron chi connectivity index (χ2n) is 3.24. The van der Waals surface area contributed by atoms with E-state index in [1.807, 2.05) is 30.3 Å². The second-order valence-corrected chi connectivity index (χ2v) is 3.24. The molecular weight excluding hydrogens is 215 g/mol. The number of rotatable bonds is 2. The molecule has 0 heterocycles. The van der Waals surface area contributed by atoms with Gasteiger partial charge in [-0.05, 0) is 23.3 Å². The Morgan fingerprint density at radius 1 is 0.824 bits per heavy atom. The van der Waals surface area contributed by atoms with Gasteiger partial charge >= 0.3 is 7.69 Å².